The third-order valence-corrected chi connectivity index (χ3v) is 4.85. The average Bonchev–Trinajstić information content (AvgIpc) is 2.81. The van der Waals surface area contributed by atoms with E-state index in [0.717, 1.165) is 34.7 Å². The molecule has 118 valence electrons. The van der Waals surface area contributed by atoms with Crippen LogP contribution in [0.1, 0.15) is 53.4 Å². The zero-order chi connectivity index (χ0) is 15.9. The zero-order valence-electron chi connectivity index (χ0n) is 13.7. The normalized spacial score (nSPS) is 23.4. The van der Waals surface area contributed by atoms with Crippen LogP contribution in [0.25, 0.3) is 0 Å². The summed E-state index contributed by atoms with van der Waals surface area (Å²) in [6.45, 7) is 8.54. The molecule has 0 aromatic carbocycles. The Morgan fingerprint density at radius 2 is 1.95 bits per heavy atom. The third-order valence-electron chi connectivity index (χ3n) is 4.28. The second-order valence-corrected chi connectivity index (χ2v) is 6.82. The van der Waals surface area contributed by atoms with Crippen molar-refractivity contribution in [1.29, 1.82) is 0 Å². The predicted octanol–water partition coefficient (Wildman–Crippen LogP) is 3.51. The van der Waals surface area contributed by atoms with Crippen molar-refractivity contribution >= 4 is 37.8 Å². The first kappa shape index (κ1) is 15.6. The molecule has 0 bridgehead atoms. The molecular formula is C16H23BrN5+. The monoisotopic (exact) mass is 364 g/mol. The van der Waals surface area contributed by atoms with E-state index in [-0.39, 0.29) is 6.04 Å². The predicted molar refractivity (Wildman–Crippen MR) is 95.2 cm³/mol. The molecule has 0 amide bonds. The van der Waals surface area contributed by atoms with Crippen molar-refractivity contribution in [1.82, 2.24) is 5.01 Å². The maximum atomic E-state index is 4.86. The fraction of sp³-hybridized carbons (Fsp3) is 0.625. The lowest BCUT2D eigenvalue weighted by atomic mass is 9.99. The lowest BCUT2D eigenvalue weighted by molar-refractivity contribution is -0.577. The smallest absolute Gasteiger partial charge is 0.241 e. The summed E-state index contributed by atoms with van der Waals surface area (Å²) >= 11 is 3.55. The van der Waals surface area contributed by atoms with Gasteiger partial charge in [0.25, 0.3) is 0 Å². The Kier molecular flexibility index (Phi) is 4.30. The van der Waals surface area contributed by atoms with E-state index in [1.807, 2.05) is 18.9 Å². The average molecular weight is 365 g/mol. The van der Waals surface area contributed by atoms with Gasteiger partial charge in [-0.1, -0.05) is 18.5 Å². The van der Waals surface area contributed by atoms with Gasteiger partial charge in [-0.25, -0.2) is 5.01 Å². The molecule has 3 aliphatic heterocycles. The van der Waals surface area contributed by atoms with Crippen molar-refractivity contribution in [2.45, 2.75) is 65.5 Å². The lowest BCUT2D eigenvalue weighted by Gasteiger charge is -2.28. The van der Waals surface area contributed by atoms with Gasteiger partial charge in [0.1, 0.15) is 5.71 Å². The van der Waals surface area contributed by atoms with Gasteiger partial charge in [0.05, 0.1) is 0 Å². The van der Waals surface area contributed by atoms with E-state index in [0.29, 0.717) is 6.04 Å². The van der Waals surface area contributed by atoms with Crippen LogP contribution >= 0.6 is 15.9 Å². The maximum absolute atomic E-state index is 4.86. The van der Waals surface area contributed by atoms with Crippen molar-refractivity contribution in [2.24, 2.45) is 15.2 Å². The van der Waals surface area contributed by atoms with Gasteiger partial charge >= 0.3 is 0 Å². The van der Waals surface area contributed by atoms with Crippen molar-refractivity contribution in [2.75, 3.05) is 0 Å². The highest BCUT2D eigenvalue weighted by Gasteiger charge is 2.48. The van der Waals surface area contributed by atoms with E-state index in [1.54, 1.807) is 0 Å². The standard InChI is InChI=1S/C16H23BrN5/c1-5-7-12(8-6-2)22-13-9-10(3)18-14-15(13)21(11(4)19-22)20-16(14)17/h9,12,15H,5-8H2,1-4H3/q+1. The van der Waals surface area contributed by atoms with Gasteiger partial charge in [0, 0.05) is 36.6 Å². The first-order valence-corrected chi connectivity index (χ1v) is 8.88. The van der Waals surface area contributed by atoms with Gasteiger partial charge in [-0.2, -0.15) is 5.10 Å². The summed E-state index contributed by atoms with van der Waals surface area (Å²) in [7, 11) is 0. The molecular weight excluding hydrogens is 342 g/mol. The van der Waals surface area contributed by atoms with Crippen molar-refractivity contribution < 1.29 is 4.68 Å². The van der Waals surface area contributed by atoms with Gasteiger partial charge in [-0.3, -0.25) is 4.99 Å². The number of rotatable bonds is 5. The van der Waals surface area contributed by atoms with E-state index >= 15 is 0 Å². The van der Waals surface area contributed by atoms with Gasteiger partial charge in [0.2, 0.25) is 5.71 Å². The number of amidine groups is 1. The summed E-state index contributed by atoms with van der Waals surface area (Å²) in [4.78, 5) is 4.68. The van der Waals surface area contributed by atoms with Crippen LogP contribution in [-0.2, 0) is 0 Å². The molecule has 0 aromatic rings. The first-order valence-electron chi connectivity index (χ1n) is 8.08. The number of hydrogen-bond donors (Lipinski definition) is 0. The van der Waals surface area contributed by atoms with Crippen LogP contribution in [-0.4, -0.2) is 43.7 Å². The molecule has 3 aliphatic rings. The summed E-state index contributed by atoms with van der Waals surface area (Å²) in [5, 5.41) is 11.4. The van der Waals surface area contributed by atoms with Crippen LogP contribution in [0, 0.1) is 0 Å². The molecule has 0 aromatic heterocycles. The van der Waals surface area contributed by atoms with Crippen LogP contribution < -0.4 is 0 Å². The molecule has 0 radical (unpaired) electrons. The summed E-state index contributed by atoms with van der Waals surface area (Å²) in [5.74, 6) is 0.932. The Morgan fingerprint density at radius 1 is 1.27 bits per heavy atom. The number of hydrazone groups is 2. The van der Waals surface area contributed by atoms with E-state index in [9.17, 15) is 0 Å². The molecule has 0 saturated heterocycles. The van der Waals surface area contributed by atoms with E-state index in [2.05, 4.69) is 50.6 Å². The van der Waals surface area contributed by atoms with Crippen molar-refractivity contribution in [3.8, 4) is 0 Å². The van der Waals surface area contributed by atoms with Gasteiger partial charge in [-0.05, 0) is 35.7 Å². The molecule has 3 heterocycles. The fourth-order valence-corrected chi connectivity index (χ4v) is 3.85. The Hall–Kier alpha value is -1.30. The second kappa shape index (κ2) is 6.07. The number of hydrogen-bond acceptors (Lipinski definition) is 4. The zero-order valence-corrected chi connectivity index (χ0v) is 15.3. The van der Waals surface area contributed by atoms with Crippen molar-refractivity contribution in [3.05, 3.63) is 11.8 Å². The Bertz CT molecular complexity index is 635. The first-order chi connectivity index (χ1) is 10.6. The largest absolute Gasteiger partial charge is 0.252 e. The van der Waals surface area contributed by atoms with Gasteiger partial charge in [0.15, 0.2) is 22.5 Å². The highest BCUT2D eigenvalue weighted by Crippen LogP contribution is 2.28. The minimum atomic E-state index is 0.0757. The summed E-state index contributed by atoms with van der Waals surface area (Å²) in [6, 6.07) is 0.525. The van der Waals surface area contributed by atoms with Crippen LogP contribution in [0.4, 0.5) is 0 Å². The summed E-state index contributed by atoms with van der Waals surface area (Å²) in [5.41, 5.74) is 3.22. The van der Waals surface area contributed by atoms with Gasteiger partial charge in [-0.15, -0.1) is 0 Å². The molecule has 0 N–H and O–H groups in total. The van der Waals surface area contributed by atoms with Gasteiger partial charge < -0.3 is 0 Å². The van der Waals surface area contributed by atoms with Crippen molar-refractivity contribution in [3.63, 3.8) is 0 Å². The molecule has 0 spiro atoms. The molecule has 0 saturated carbocycles. The molecule has 0 aliphatic carbocycles. The Balaban J connectivity index is 2.11. The Labute approximate surface area is 140 Å². The molecule has 1 atom stereocenters. The highest BCUT2D eigenvalue weighted by atomic mass is 79.9. The Morgan fingerprint density at radius 3 is 2.59 bits per heavy atom. The fourth-order valence-electron chi connectivity index (χ4n) is 3.38. The number of nitrogens with zero attached hydrogens (tertiary/aromatic N) is 5. The minimum Gasteiger partial charge on any atom is -0.252 e. The molecule has 0 fully saturated rings. The number of aliphatic imine (C=N–C) groups is 1. The SMILES string of the molecule is CCCC(CCC)[N+]1=C2C=C(C)N=C3C(Br)=NN(C(C)=N1)C32. The van der Waals surface area contributed by atoms with Crippen LogP contribution in [0.15, 0.2) is 27.0 Å². The van der Waals surface area contributed by atoms with E-state index in [4.69, 9.17) is 5.10 Å². The quantitative estimate of drug-likeness (QED) is 0.688. The second-order valence-electron chi connectivity index (χ2n) is 6.07. The van der Waals surface area contributed by atoms with E-state index in [1.165, 1.54) is 18.6 Å². The molecule has 6 heteroatoms. The summed E-state index contributed by atoms with van der Waals surface area (Å²) < 4.78 is 3.06. The van der Waals surface area contributed by atoms with Crippen LogP contribution in [0.3, 0.4) is 0 Å². The number of allylic oxidation sites excluding steroid dienone is 1. The van der Waals surface area contributed by atoms with Crippen LogP contribution in [0.2, 0.25) is 0 Å². The molecule has 1 unspecified atom stereocenters. The molecule has 5 nitrogen and oxygen atoms in total. The summed E-state index contributed by atoms with van der Waals surface area (Å²) in [6.07, 6.45) is 6.81. The molecule has 22 heavy (non-hydrogen) atoms. The minimum absolute atomic E-state index is 0.0757. The van der Waals surface area contributed by atoms with E-state index < -0.39 is 0 Å². The molecule has 3 rings (SSSR count). The maximum Gasteiger partial charge on any atom is 0.241 e. The number of halogens is 1. The van der Waals surface area contributed by atoms with Crippen LogP contribution in [0.5, 0.6) is 0 Å². The highest BCUT2D eigenvalue weighted by molar-refractivity contribution is 9.19. The third kappa shape index (κ3) is 2.47. The lowest BCUT2D eigenvalue weighted by Crippen LogP contribution is -2.51. The topological polar surface area (TPSA) is 43.3 Å².